The summed E-state index contributed by atoms with van der Waals surface area (Å²) in [6.07, 6.45) is 2.28. The number of piperidine rings is 1. The summed E-state index contributed by atoms with van der Waals surface area (Å²) < 4.78 is 0. The van der Waals surface area contributed by atoms with Gasteiger partial charge in [0.15, 0.2) is 0 Å². The van der Waals surface area contributed by atoms with Crippen molar-refractivity contribution in [3.63, 3.8) is 0 Å². The first-order valence-corrected chi connectivity index (χ1v) is 7.80. The van der Waals surface area contributed by atoms with Crippen LogP contribution in [0.2, 0.25) is 0 Å². The molecule has 0 aliphatic carbocycles. The van der Waals surface area contributed by atoms with Crippen LogP contribution in [0.4, 0.5) is 5.69 Å². The molecule has 0 radical (unpaired) electrons. The summed E-state index contributed by atoms with van der Waals surface area (Å²) in [5, 5.41) is 3.13. The van der Waals surface area contributed by atoms with Crippen molar-refractivity contribution in [3.8, 4) is 0 Å². The van der Waals surface area contributed by atoms with E-state index in [0.717, 1.165) is 25.2 Å². The van der Waals surface area contributed by atoms with Crippen LogP contribution in [0, 0.1) is 5.92 Å². The summed E-state index contributed by atoms with van der Waals surface area (Å²) in [4.78, 5) is 27.6. The lowest BCUT2D eigenvalue weighted by Crippen LogP contribution is -2.41. The summed E-state index contributed by atoms with van der Waals surface area (Å²) in [5.74, 6) is 0.662. The van der Waals surface area contributed by atoms with E-state index in [1.165, 1.54) is 6.42 Å². The molecule has 0 saturated carbocycles. The highest BCUT2D eigenvalue weighted by Crippen LogP contribution is 2.16. The maximum absolute atomic E-state index is 12.2. The van der Waals surface area contributed by atoms with Crippen LogP contribution in [0.3, 0.4) is 0 Å². The smallest absolute Gasteiger partial charge is 0.253 e. The van der Waals surface area contributed by atoms with Crippen LogP contribution in [-0.4, -0.2) is 55.3 Å². The first kappa shape index (κ1) is 16.3. The average molecular weight is 303 g/mol. The van der Waals surface area contributed by atoms with Crippen LogP contribution in [0.1, 0.15) is 30.1 Å². The Morgan fingerprint density at radius 3 is 2.82 bits per heavy atom. The molecule has 1 heterocycles. The minimum absolute atomic E-state index is 0.0418. The van der Waals surface area contributed by atoms with Crippen LogP contribution in [0.15, 0.2) is 24.3 Å². The Labute approximate surface area is 132 Å². The Hall–Kier alpha value is -2.04. The van der Waals surface area contributed by atoms with E-state index in [1.54, 1.807) is 31.1 Å². The van der Waals surface area contributed by atoms with E-state index in [2.05, 4.69) is 12.2 Å². The minimum Gasteiger partial charge on any atom is -0.376 e. The van der Waals surface area contributed by atoms with Crippen molar-refractivity contribution in [2.75, 3.05) is 39.0 Å². The number of hydrogen-bond donors (Lipinski definition) is 1. The fraction of sp³-hybridized carbons (Fsp3) is 0.529. The van der Waals surface area contributed by atoms with Gasteiger partial charge in [-0.05, 0) is 37.0 Å². The molecule has 2 rings (SSSR count). The second kappa shape index (κ2) is 7.29. The lowest BCUT2D eigenvalue weighted by atomic mass is 10.0. The summed E-state index contributed by atoms with van der Waals surface area (Å²) in [5.41, 5.74) is 1.42. The van der Waals surface area contributed by atoms with Gasteiger partial charge in [-0.25, -0.2) is 0 Å². The van der Waals surface area contributed by atoms with Crippen molar-refractivity contribution in [1.82, 2.24) is 9.80 Å². The fourth-order valence-electron chi connectivity index (χ4n) is 2.73. The molecule has 1 aliphatic rings. The molecule has 0 spiro atoms. The first-order valence-electron chi connectivity index (χ1n) is 7.80. The highest BCUT2D eigenvalue weighted by molar-refractivity contribution is 5.95. The zero-order valence-corrected chi connectivity index (χ0v) is 13.6. The summed E-state index contributed by atoms with van der Waals surface area (Å²) in [6.45, 7) is 4.15. The zero-order valence-electron chi connectivity index (χ0n) is 13.6. The number of rotatable bonds is 4. The molecule has 1 aromatic rings. The van der Waals surface area contributed by atoms with E-state index in [4.69, 9.17) is 0 Å². The number of carbonyl (C=O) groups excluding carboxylic acids is 2. The molecule has 1 aromatic carbocycles. The van der Waals surface area contributed by atoms with Crippen molar-refractivity contribution in [2.45, 2.75) is 19.8 Å². The van der Waals surface area contributed by atoms with E-state index in [1.807, 2.05) is 17.0 Å². The number of amides is 2. The summed E-state index contributed by atoms with van der Waals surface area (Å²) >= 11 is 0. The maximum Gasteiger partial charge on any atom is 0.253 e. The van der Waals surface area contributed by atoms with Crippen molar-refractivity contribution < 1.29 is 9.59 Å². The van der Waals surface area contributed by atoms with Crippen LogP contribution in [0.5, 0.6) is 0 Å². The molecule has 1 unspecified atom stereocenters. The highest BCUT2D eigenvalue weighted by Gasteiger charge is 2.20. The molecule has 22 heavy (non-hydrogen) atoms. The molecule has 120 valence electrons. The van der Waals surface area contributed by atoms with Crippen molar-refractivity contribution in [2.24, 2.45) is 5.92 Å². The third-order valence-electron chi connectivity index (χ3n) is 3.97. The van der Waals surface area contributed by atoms with Gasteiger partial charge in [0.2, 0.25) is 5.91 Å². The second-order valence-corrected chi connectivity index (χ2v) is 6.22. The molecule has 1 atom stereocenters. The molecule has 0 aromatic heterocycles. The van der Waals surface area contributed by atoms with E-state index in [0.29, 0.717) is 11.5 Å². The third-order valence-corrected chi connectivity index (χ3v) is 3.97. The number of nitrogens with zero attached hydrogens (tertiary/aromatic N) is 2. The van der Waals surface area contributed by atoms with Gasteiger partial charge in [-0.2, -0.15) is 0 Å². The van der Waals surface area contributed by atoms with Gasteiger partial charge in [0.05, 0.1) is 6.54 Å². The summed E-state index contributed by atoms with van der Waals surface area (Å²) in [6, 6.07) is 7.27. The molecule has 0 bridgehead atoms. The van der Waals surface area contributed by atoms with Gasteiger partial charge in [-0.1, -0.05) is 13.0 Å². The largest absolute Gasteiger partial charge is 0.376 e. The summed E-state index contributed by atoms with van der Waals surface area (Å²) in [7, 11) is 3.45. The van der Waals surface area contributed by atoms with Crippen molar-refractivity contribution in [1.29, 1.82) is 0 Å². The molecule has 2 amide bonds. The van der Waals surface area contributed by atoms with Gasteiger partial charge in [0, 0.05) is 38.4 Å². The van der Waals surface area contributed by atoms with Gasteiger partial charge in [0.1, 0.15) is 0 Å². The lowest BCUT2D eigenvalue weighted by molar-refractivity contribution is -0.130. The predicted octanol–water partition coefficient (Wildman–Crippen LogP) is 2.06. The Morgan fingerprint density at radius 1 is 1.36 bits per heavy atom. The number of carbonyl (C=O) groups is 2. The molecular formula is C17H25N3O2. The molecule has 1 fully saturated rings. The van der Waals surface area contributed by atoms with Gasteiger partial charge in [-0.3, -0.25) is 9.59 Å². The van der Waals surface area contributed by atoms with Gasteiger partial charge in [-0.15, -0.1) is 0 Å². The molecule has 1 saturated heterocycles. The van der Waals surface area contributed by atoms with E-state index >= 15 is 0 Å². The highest BCUT2D eigenvalue weighted by atomic mass is 16.2. The van der Waals surface area contributed by atoms with E-state index in [9.17, 15) is 9.59 Å². The van der Waals surface area contributed by atoms with Crippen LogP contribution < -0.4 is 5.32 Å². The normalized spacial score (nSPS) is 18.0. The molecule has 1 N–H and O–H groups in total. The standard InChI is InChI=1S/C17H25N3O2/c1-13-6-5-9-20(12-13)16(21)11-18-15-8-4-7-14(10-15)17(22)19(2)3/h4,7-8,10,13,18H,5-6,9,11-12H2,1-3H3. The van der Waals surface area contributed by atoms with Gasteiger partial charge < -0.3 is 15.1 Å². The molecule has 5 heteroatoms. The SMILES string of the molecule is CC1CCCN(C(=O)CNc2cccc(C(=O)N(C)C)c2)C1. The number of nitrogens with one attached hydrogen (secondary N) is 1. The van der Waals surface area contributed by atoms with Crippen molar-refractivity contribution in [3.05, 3.63) is 29.8 Å². The van der Waals surface area contributed by atoms with Crippen LogP contribution in [0.25, 0.3) is 0 Å². The Kier molecular flexibility index (Phi) is 5.41. The Bertz CT molecular complexity index is 542. The average Bonchev–Trinajstić information content (AvgIpc) is 2.52. The van der Waals surface area contributed by atoms with Crippen LogP contribution >= 0.6 is 0 Å². The third kappa shape index (κ3) is 4.23. The lowest BCUT2D eigenvalue weighted by Gasteiger charge is -2.31. The topological polar surface area (TPSA) is 52.7 Å². The molecule has 1 aliphatic heterocycles. The number of likely N-dealkylation sites (tertiary alicyclic amines) is 1. The number of benzene rings is 1. The maximum atomic E-state index is 12.2. The van der Waals surface area contributed by atoms with Gasteiger partial charge >= 0.3 is 0 Å². The Morgan fingerprint density at radius 2 is 2.14 bits per heavy atom. The quantitative estimate of drug-likeness (QED) is 0.926. The first-order chi connectivity index (χ1) is 10.5. The van der Waals surface area contributed by atoms with E-state index in [-0.39, 0.29) is 18.4 Å². The fourth-order valence-corrected chi connectivity index (χ4v) is 2.73. The zero-order chi connectivity index (χ0) is 16.1. The molecular weight excluding hydrogens is 278 g/mol. The van der Waals surface area contributed by atoms with Crippen LogP contribution in [-0.2, 0) is 4.79 Å². The number of hydrogen-bond acceptors (Lipinski definition) is 3. The molecule has 5 nitrogen and oxygen atoms in total. The second-order valence-electron chi connectivity index (χ2n) is 6.22. The number of anilines is 1. The Balaban J connectivity index is 1.92. The van der Waals surface area contributed by atoms with Gasteiger partial charge in [0.25, 0.3) is 5.91 Å². The van der Waals surface area contributed by atoms with Crippen molar-refractivity contribution >= 4 is 17.5 Å². The predicted molar refractivity (Wildman–Crippen MR) is 87.9 cm³/mol. The van der Waals surface area contributed by atoms with E-state index < -0.39 is 0 Å². The monoisotopic (exact) mass is 303 g/mol. The minimum atomic E-state index is -0.0418.